The fourth-order valence-electron chi connectivity index (χ4n) is 6.18. The molecule has 198 valence electrons. The van der Waals surface area contributed by atoms with Crippen LogP contribution in [0.15, 0.2) is 77.6 Å². The Labute approximate surface area is 222 Å². The Bertz CT molecular complexity index is 1350. The minimum absolute atomic E-state index is 0.0520. The predicted octanol–water partition coefficient (Wildman–Crippen LogP) is 7.20. The number of aliphatic hydroxyl groups excluding tert-OH is 1. The van der Waals surface area contributed by atoms with E-state index in [-0.39, 0.29) is 12.2 Å². The number of allylic oxidation sites excluding steroid dienone is 6. The molecule has 2 aliphatic carbocycles. The van der Waals surface area contributed by atoms with Crippen LogP contribution >= 0.6 is 0 Å². The van der Waals surface area contributed by atoms with Crippen LogP contribution in [0.25, 0.3) is 5.57 Å². The van der Waals surface area contributed by atoms with E-state index in [1.54, 1.807) is 12.1 Å². The number of ether oxygens (including phenoxy) is 2. The molecule has 1 N–H and O–H groups in total. The van der Waals surface area contributed by atoms with Gasteiger partial charge in [-0.3, -0.25) is 4.90 Å². The Hall–Kier alpha value is -3.22. The second-order valence-electron chi connectivity index (χ2n) is 10.9. The van der Waals surface area contributed by atoms with Crippen molar-refractivity contribution in [2.45, 2.75) is 45.3 Å². The van der Waals surface area contributed by atoms with Crippen LogP contribution in [0.2, 0.25) is 0 Å². The Kier molecular flexibility index (Phi) is 6.70. The summed E-state index contributed by atoms with van der Waals surface area (Å²) in [5.74, 6) is -0.642. The third kappa shape index (κ3) is 4.61. The SMILES string of the molecule is CC12C=CC3=C(C1=CC=C(O)C2)C(c1ccc(OCCN2CCCCC2)cc1)OCc1c3ccc(F)c1F. The third-order valence-electron chi connectivity index (χ3n) is 8.25. The lowest BCUT2D eigenvalue weighted by atomic mass is 9.66. The number of halogens is 2. The average molecular weight is 518 g/mol. The Morgan fingerprint density at radius 1 is 1.05 bits per heavy atom. The molecule has 1 fully saturated rings. The molecule has 0 radical (unpaired) electrons. The highest BCUT2D eigenvalue weighted by atomic mass is 19.2. The van der Waals surface area contributed by atoms with Crippen molar-refractivity contribution in [1.82, 2.24) is 4.90 Å². The van der Waals surface area contributed by atoms with E-state index >= 15 is 0 Å². The van der Waals surface area contributed by atoms with Crippen LogP contribution in [0.5, 0.6) is 5.75 Å². The topological polar surface area (TPSA) is 41.9 Å². The number of aliphatic hydroxyl groups is 1. The molecule has 0 amide bonds. The fraction of sp³-hybridized carbons (Fsp3) is 0.375. The summed E-state index contributed by atoms with van der Waals surface area (Å²) in [7, 11) is 0. The first-order valence-corrected chi connectivity index (χ1v) is 13.5. The maximum Gasteiger partial charge on any atom is 0.164 e. The molecule has 2 atom stereocenters. The van der Waals surface area contributed by atoms with Crippen molar-refractivity contribution < 1.29 is 23.4 Å². The summed E-state index contributed by atoms with van der Waals surface area (Å²) in [6, 6.07) is 10.7. The molecule has 2 unspecified atom stereocenters. The summed E-state index contributed by atoms with van der Waals surface area (Å²) in [4.78, 5) is 2.45. The normalized spacial score (nSPS) is 25.1. The van der Waals surface area contributed by atoms with E-state index in [1.165, 1.54) is 25.3 Å². The summed E-state index contributed by atoms with van der Waals surface area (Å²) >= 11 is 0. The number of rotatable bonds is 5. The smallest absolute Gasteiger partial charge is 0.164 e. The number of fused-ring (bicyclic) bond motifs is 4. The van der Waals surface area contributed by atoms with Gasteiger partial charge in [-0.15, -0.1) is 0 Å². The molecule has 1 saturated heterocycles. The first-order valence-electron chi connectivity index (χ1n) is 13.5. The van der Waals surface area contributed by atoms with E-state index in [0.717, 1.165) is 47.7 Å². The fourth-order valence-corrected chi connectivity index (χ4v) is 6.18. The molecule has 0 saturated carbocycles. The minimum atomic E-state index is -0.881. The van der Waals surface area contributed by atoms with Crippen LogP contribution in [-0.4, -0.2) is 36.2 Å². The number of hydrogen-bond donors (Lipinski definition) is 1. The lowest BCUT2D eigenvalue weighted by molar-refractivity contribution is 0.0637. The Morgan fingerprint density at radius 3 is 2.63 bits per heavy atom. The maximum absolute atomic E-state index is 14.9. The van der Waals surface area contributed by atoms with Gasteiger partial charge in [0.15, 0.2) is 11.6 Å². The molecule has 6 rings (SSSR count). The van der Waals surface area contributed by atoms with Gasteiger partial charge >= 0.3 is 0 Å². The van der Waals surface area contributed by atoms with Crippen molar-refractivity contribution in [2.24, 2.45) is 5.41 Å². The van der Waals surface area contributed by atoms with Gasteiger partial charge in [0.25, 0.3) is 0 Å². The van der Waals surface area contributed by atoms with Crippen molar-refractivity contribution in [3.63, 3.8) is 0 Å². The van der Waals surface area contributed by atoms with Crippen molar-refractivity contribution in [2.75, 3.05) is 26.2 Å². The zero-order chi connectivity index (χ0) is 26.3. The minimum Gasteiger partial charge on any atom is -0.512 e. The standard InChI is InChI=1S/C32H33F2NO3/c1-32-14-13-25-24-10-12-28(33)30(34)26(24)20-38-31(29(25)27(32)11-7-22(36)19-32)21-5-8-23(9-6-21)37-18-17-35-15-3-2-4-16-35/h5-14,31,36H,2-4,15-20H2,1H3. The molecule has 2 aromatic carbocycles. The number of hydrogen-bond acceptors (Lipinski definition) is 4. The molecule has 0 aromatic heterocycles. The summed E-state index contributed by atoms with van der Waals surface area (Å²) in [6.45, 7) is 5.87. The van der Waals surface area contributed by atoms with Crippen LogP contribution in [0.1, 0.15) is 55.4 Å². The van der Waals surface area contributed by atoms with Crippen LogP contribution in [0.3, 0.4) is 0 Å². The number of piperidine rings is 1. The highest BCUT2D eigenvalue weighted by molar-refractivity contribution is 5.85. The van der Waals surface area contributed by atoms with Gasteiger partial charge in [0.05, 0.1) is 12.4 Å². The highest BCUT2D eigenvalue weighted by Crippen LogP contribution is 2.53. The molecule has 2 aromatic rings. The monoisotopic (exact) mass is 517 g/mol. The second-order valence-corrected chi connectivity index (χ2v) is 10.9. The van der Waals surface area contributed by atoms with Gasteiger partial charge in [-0.2, -0.15) is 0 Å². The molecule has 38 heavy (non-hydrogen) atoms. The molecule has 0 bridgehead atoms. The van der Waals surface area contributed by atoms with Crippen LogP contribution < -0.4 is 4.74 Å². The second kappa shape index (κ2) is 10.2. The lowest BCUT2D eigenvalue weighted by Crippen LogP contribution is -2.33. The zero-order valence-corrected chi connectivity index (χ0v) is 21.7. The Morgan fingerprint density at radius 2 is 1.84 bits per heavy atom. The van der Waals surface area contributed by atoms with E-state index in [1.807, 2.05) is 42.5 Å². The average Bonchev–Trinajstić information content (AvgIpc) is 3.08. The molecule has 0 spiro atoms. The first kappa shape index (κ1) is 25.1. The van der Waals surface area contributed by atoms with Crippen LogP contribution in [0, 0.1) is 17.0 Å². The van der Waals surface area contributed by atoms with Gasteiger partial charge in [-0.25, -0.2) is 8.78 Å². The van der Waals surface area contributed by atoms with Crippen molar-refractivity contribution >= 4 is 5.57 Å². The van der Waals surface area contributed by atoms with Gasteiger partial charge in [-0.05, 0) is 78.1 Å². The Balaban J connectivity index is 1.33. The van der Waals surface area contributed by atoms with E-state index < -0.39 is 23.2 Å². The van der Waals surface area contributed by atoms with E-state index in [2.05, 4.69) is 11.8 Å². The van der Waals surface area contributed by atoms with E-state index in [0.29, 0.717) is 24.4 Å². The van der Waals surface area contributed by atoms with Crippen molar-refractivity contribution in [1.29, 1.82) is 0 Å². The molecule has 4 aliphatic rings. The molecular formula is C32H33F2NO3. The molecule has 2 aliphatic heterocycles. The lowest BCUT2D eigenvalue weighted by Gasteiger charge is -2.39. The summed E-state index contributed by atoms with van der Waals surface area (Å²) in [5, 5.41) is 10.3. The van der Waals surface area contributed by atoms with Crippen LogP contribution in [-0.2, 0) is 11.3 Å². The van der Waals surface area contributed by atoms with Gasteiger partial charge in [0.1, 0.15) is 18.5 Å². The summed E-state index contributed by atoms with van der Waals surface area (Å²) in [5.41, 5.74) is 4.09. The number of benzene rings is 2. The van der Waals surface area contributed by atoms with E-state index in [4.69, 9.17) is 9.47 Å². The van der Waals surface area contributed by atoms with Gasteiger partial charge < -0.3 is 14.6 Å². The van der Waals surface area contributed by atoms with E-state index in [9.17, 15) is 13.9 Å². The predicted molar refractivity (Wildman–Crippen MR) is 144 cm³/mol. The maximum atomic E-state index is 14.9. The first-order chi connectivity index (χ1) is 18.4. The van der Waals surface area contributed by atoms with Gasteiger partial charge in [-0.1, -0.05) is 49.8 Å². The molecule has 2 heterocycles. The highest BCUT2D eigenvalue weighted by Gasteiger charge is 2.41. The van der Waals surface area contributed by atoms with Gasteiger partial charge in [0, 0.05) is 23.9 Å². The largest absolute Gasteiger partial charge is 0.512 e. The molecule has 4 nitrogen and oxygen atoms in total. The summed E-state index contributed by atoms with van der Waals surface area (Å²) in [6.07, 6.45) is 11.5. The quantitative estimate of drug-likeness (QED) is 0.455. The van der Waals surface area contributed by atoms with Crippen molar-refractivity contribution in [3.05, 3.63) is 106 Å². The van der Waals surface area contributed by atoms with Crippen LogP contribution in [0.4, 0.5) is 8.78 Å². The van der Waals surface area contributed by atoms with Crippen molar-refractivity contribution in [3.8, 4) is 5.75 Å². The molecular weight excluding hydrogens is 484 g/mol. The van der Waals surface area contributed by atoms with Gasteiger partial charge in [0.2, 0.25) is 0 Å². The molecule has 6 heteroatoms. The zero-order valence-electron chi connectivity index (χ0n) is 21.7. The summed E-state index contributed by atoms with van der Waals surface area (Å²) < 4.78 is 41.5. The number of nitrogens with zero attached hydrogens (tertiary/aromatic N) is 1. The third-order valence-corrected chi connectivity index (χ3v) is 8.25. The number of likely N-dealkylation sites (tertiary alicyclic amines) is 1.